The van der Waals surface area contributed by atoms with E-state index in [9.17, 15) is 23.1 Å². The van der Waals surface area contributed by atoms with Crippen LogP contribution in [0.3, 0.4) is 0 Å². The quantitative estimate of drug-likeness (QED) is 0.351. The summed E-state index contributed by atoms with van der Waals surface area (Å²) >= 11 is 0. The number of nitrogens with one attached hydrogen (secondary N) is 1. The van der Waals surface area contributed by atoms with Crippen LogP contribution in [0.25, 0.3) is 33.5 Å². The van der Waals surface area contributed by atoms with Crippen LogP contribution in [0, 0.1) is 0 Å². The van der Waals surface area contributed by atoms with Crippen molar-refractivity contribution in [1.82, 2.24) is 14.9 Å². The highest BCUT2D eigenvalue weighted by atomic mass is 19.4. The SMILES string of the molecule is CC(O)C1CCCCN1C(=O)c1cccc(-c2cccc(-c3nc4ccc(C(F)(F)F)cc4[nH]3)c2)c1. The summed E-state index contributed by atoms with van der Waals surface area (Å²) in [6, 6.07) is 18.1. The van der Waals surface area contributed by atoms with Crippen molar-refractivity contribution in [3.63, 3.8) is 0 Å². The van der Waals surface area contributed by atoms with Gasteiger partial charge in [0.05, 0.1) is 28.7 Å². The van der Waals surface area contributed by atoms with E-state index in [0.29, 0.717) is 29.0 Å². The standard InChI is InChI=1S/C28H26F3N3O2/c1-17(35)25-10-2-3-13-34(25)27(36)21-9-5-7-19(15-21)18-6-4-8-20(14-18)26-32-23-12-11-22(28(29,30)31)16-24(23)33-26/h4-9,11-12,14-17,25,35H,2-3,10,13H2,1H3,(H,32,33). The Morgan fingerprint density at radius 2 is 1.75 bits per heavy atom. The molecule has 0 bridgehead atoms. The first-order chi connectivity index (χ1) is 17.2. The molecule has 0 saturated carbocycles. The molecule has 0 spiro atoms. The summed E-state index contributed by atoms with van der Waals surface area (Å²) in [7, 11) is 0. The number of alkyl halides is 3. The van der Waals surface area contributed by atoms with Crippen molar-refractivity contribution in [2.45, 2.75) is 44.5 Å². The van der Waals surface area contributed by atoms with Gasteiger partial charge in [0.1, 0.15) is 5.82 Å². The first kappa shape index (κ1) is 24.1. The monoisotopic (exact) mass is 493 g/mol. The summed E-state index contributed by atoms with van der Waals surface area (Å²) in [5, 5.41) is 10.2. The summed E-state index contributed by atoms with van der Waals surface area (Å²) < 4.78 is 39.2. The third kappa shape index (κ3) is 4.73. The highest BCUT2D eigenvalue weighted by Gasteiger charge is 2.31. The number of carbonyl (C=O) groups is 1. The number of halogens is 3. The van der Waals surface area contributed by atoms with Gasteiger partial charge in [-0.25, -0.2) is 4.98 Å². The smallest absolute Gasteiger partial charge is 0.391 e. The zero-order valence-corrected chi connectivity index (χ0v) is 19.7. The minimum Gasteiger partial charge on any atom is -0.391 e. The van der Waals surface area contributed by atoms with Crippen molar-refractivity contribution in [2.24, 2.45) is 0 Å². The Hall–Kier alpha value is -3.65. The number of nitrogens with zero attached hydrogens (tertiary/aromatic N) is 2. The van der Waals surface area contributed by atoms with E-state index >= 15 is 0 Å². The molecule has 5 rings (SSSR count). The second kappa shape index (κ2) is 9.43. The van der Waals surface area contributed by atoms with Crippen LogP contribution >= 0.6 is 0 Å². The molecule has 186 valence electrons. The predicted molar refractivity (Wildman–Crippen MR) is 132 cm³/mol. The van der Waals surface area contributed by atoms with Crippen molar-refractivity contribution in [3.8, 4) is 22.5 Å². The maximum Gasteiger partial charge on any atom is 0.416 e. The molecule has 2 atom stereocenters. The van der Waals surface area contributed by atoms with Gasteiger partial charge < -0.3 is 15.0 Å². The Labute approximate surface area is 206 Å². The molecule has 3 aromatic carbocycles. The maximum atomic E-state index is 13.3. The minimum absolute atomic E-state index is 0.101. The van der Waals surface area contributed by atoms with E-state index in [1.807, 2.05) is 42.5 Å². The fourth-order valence-electron chi connectivity index (χ4n) is 4.88. The van der Waals surface area contributed by atoms with Crippen LogP contribution in [0.4, 0.5) is 13.2 Å². The highest BCUT2D eigenvalue weighted by molar-refractivity contribution is 5.96. The number of hydrogen-bond donors (Lipinski definition) is 2. The Balaban J connectivity index is 1.45. The van der Waals surface area contributed by atoms with Gasteiger partial charge in [-0.05, 0) is 73.7 Å². The lowest BCUT2D eigenvalue weighted by molar-refractivity contribution is -0.137. The van der Waals surface area contributed by atoms with E-state index in [1.165, 1.54) is 6.07 Å². The lowest BCUT2D eigenvalue weighted by Crippen LogP contribution is -2.48. The molecule has 1 aliphatic heterocycles. The average Bonchev–Trinajstić information content (AvgIpc) is 3.32. The second-order valence-electron chi connectivity index (χ2n) is 9.28. The molecule has 1 aliphatic rings. The molecule has 0 radical (unpaired) electrons. The molecular formula is C28H26F3N3O2. The minimum atomic E-state index is -4.43. The highest BCUT2D eigenvalue weighted by Crippen LogP contribution is 2.33. The van der Waals surface area contributed by atoms with Crippen LogP contribution in [0.15, 0.2) is 66.7 Å². The molecule has 1 fully saturated rings. The lowest BCUT2D eigenvalue weighted by atomic mass is 9.96. The van der Waals surface area contributed by atoms with Crippen molar-refractivity contribution in [2.75, 3.05) is 6.54 Å². The van der Waals surface area contributed by atoms with E-state index in [1.54, 1.807) is 17.9 Å². The number of aromatic nitrogens is 2. The van der Waals surface area contributed by atoms with Crippen LogP contribution < -0.4 is 0 Å². The van der Waals surface area contributed by atoms with Crippen LogP contribution in [-0.4, -0.2) is 44.6 Å². The number of aliphatic hydroxyl groups is 1. The molecule has 4 aromatic rings. The number of imidazole rings is 1. The third-order valence-electron chi connectivity index (χ3n) is 6.76. The molecule has 8 heteroatoms. The number of piperidine rings is 1. The number of likely N-dealkylation sites (tertiary alicyclic amines) is 1. The fraction of sp³-hybridized carbons (Fsp3) is 0.286. The van der Waals surface area contributed by atoms with Gasteiger partial charge in [-0.15, -0.1) is 0 Å². The summed E-state index contributed by atoms with van der Waals surface area (Å²) in [5.74, 6) is 0.364. The molecule has 1 saturated heterocycles. The van der Waals surface area contributed by atoms with E-state index in [4.69, 9.17) is 0 Å². The molecule has 1 aromatic heterocycles. The Morgan fingerprint density at radius 3 is 2.50 bits per heavy atom. The number of aromatic amines is 1. The topological polar surface area (TPSA) is 69.2 Å². The maximum absolute atomic E-state index is 13.3. The summed E-state index contributed by atoms with van der Waals surface area (Å²) in [6.07, 6.45) is -2.33. The van der Waals surface area contributed by atoms with E-state index in [-0.39, 0.29) is 11.9 Å². The van der Waals surface area contributed by atoms with Gasteiger partial charge in [0, 0.05) is 17.7 Å². The van der Waals surface area contributed by atoms with Gasteiger partial charge in [-0.3, -0.25) is 4.79 Å². The van der Waals surface area contributed by atoms with Crippen molar-refractivity contribution < 1.29 is 23.1 Å². The van der Waals surface area contributed by atoms with Gasteiger partial charge in [0.25, 0.3) is 5.91 Å². The number of benzene rings is 3. The third-order valence-corrected chi connectivity index (χ3v) is 6.76. The molecule has 5 nitrogen and oxygen atoms in total. The molecule has 2 unspecified atom stereocenters. The van der Waals surface area contributed by atoms with E-state index in [2.05, 4.69) is 9.97 Å². The Morgan fingerprint density at radius 1 is 1.03 bits per heavy atom. The number of H-pyrrole nitrogens is 1. The number of fused-ring (bicyclic) bond motifs is 1. The van der Waals surface area contributed by atoms with Gasteiger partial charge in [0.15, 0.2) is 0 Å². The first-order valence-corrected chi connectivity index (χ1v) is 12.0. The number of carbonyl (C=O) groups excluding carboxylic acids is 1. The van der Waals surface area contributed by atoms with Crippen molar-refractivity contribution in [1.29, 1.82) is 0 Å². The first-order valence-electron chi connectivity index (χ1n) is 12.0. The summed E-state index contributed by atoms with van der Waals surface area (Å²) in [5.41, 5.74) is 2.99. The van der Waals surface area contributed by atoms with Crippen molar-refractivity contribution in [3.05, 3.63) is 77.9 Å². The zero-order valence-electron chi connectivity index (χ0n) is 19.7. The van der Waals surface area contributed by atoms with Gasteiger partial charge in [-0.2, -0.15) is 13.2 Å². The number of hydrogen-bond acceptors (Lipinski definition) is 3. The Kier molecular flexibility index (Phi) is 6.30. The molecular weight excluding hydrogens is 467 g/mol. The number of amides is 1. The van der Waals surface area contributed by atoms with Crippen LogP contribution in [0.2, 0.25) is 0 Å². The summed E-state index contributed by atoms with van der Waals surface area (Å²) in [4.78, 5) is 22.5. The van der Waals surface area contributed by atoms with Crippen molar-refractivity contribution >= 4 is 16.9 Å². The molecule has 2 N–H and O–H groups in total. The van der Waals surface area contributed by atoms with E-state index < -0.39 is 17.8 Å². The van der Waals surface area contributed by atoms with Gasteiger partial charge >= 0.3 is 6.18 Å². The summed E-state index contributed by atoms with van der Waals surface area (Å²) in [6.45, 7) is 2.34. The number of rotatable bonds is 4. The Bertz CT molecular complexity index is 1410. The average molecular weight is 494 g/mol. The largest absolute Gasteiger partial charge is 0.416 e. The fourth-order valence-corrected chi connectivity index (χ4v) is 4.88. The second-order valence-corrected chi connectivity index (χ2v) is 9.28. The normalized spacial score (nSPS) is 17.4. The van der Waals surface area contributed by atoms with Crippen LogP contribution in [0.1, 0.15) is 42.1 Å². The zero-order chi connectivity index (χ0) is 25.4. The van der Waals surface area contributed by atoms with Crippen LogP contribution in [-0.2, 0) is 6.18 Å². The molecule has 0 aliphatic carbocycles. The van der Waals surface area contributed by atoms with Gasteiger partial charge in [-0.1, -0.05) is 30.3 Å². The predicted octanol–water partition coefficient (Wildman–Crippen LogP) is 6.29. The molecule has 36 heavy (non-hydrogen) atoms. The van der Waals surface area contributed by atoms with Crippen LogP contribution in [0.5, 0.6) is 0 Å². The lowest BCUT2D eigenvalue weighted by Gasteiger charge is -2.37. The van der Waals surface area contributed by atoms with Gasteiger partial charge in [0.2, 0.25) is 0 Å². The molecule has 1 amide bonds. The van der Waals surface area contributed by atoms with E-state index in [0.717, 1.165) is 48.1 Å². The molecule has 2 heterocycles. The number of aliphatic hydroxyl groups excluding tert-OH is 1.